The monoisotopic (exact) mass is 371 g/mol. The van der Waals surface area contributed by atoms with E-state index in [1.807, 2.05) is 65.1 Å². The number of hydrogen-bond donors (Lipinski definition) is 2. The maximum Gasteiger partial charge on any atom is 0.240 e. The minimum Gasteiger partial charge on any atom is -0.444 e. The van der Waals surface area contributed by atoms with E-state index in [2.05, 4.69) is 20.6 Å². The molecule has 0 saturated heterocycles. The first-order valence-electron chi connectivity index (χ1n) is 9.09. The quantitative estimate of drug-likeness (QED) is 0.603. The molecule has 0 saturated carbocycles. The molecule has 7 heteroatoms. The van der Waals surface area contributed by atoms with Crippen molar-refractivity contribution in [3.8, 4) is 11.5 Å². The van der Waals surface area contributed by atoms with Gasteiger partial charge in [0.2, 0.25) is 11.8 Å². The zero-order chi connectivity index (χ0) is 19.9. The highest BCUT2D eigenvalue weighted by Crippen LogP contribution is 2.18. The SMILES string of the molecule is CCNC(=NCc1coc(-c2ccccc2)n1)N(C)CC(=O)NC(C)(C)C. The van der Waals surface area contributed by atoms with Gasteiger partial charge < -0.3 is 20.0 Å². The molecule has 2 N–H and O–H groups in total. The van der Waals surface area contributed by atoms with E-state index >= 15 is 0 Å². The number of aromatic nitrogens is 1. The Hall–Kier alpha value is -2.83. The highest BCUT2D eigenvalue weighted by Gasteiger charge is 2.17. The van der Waals surface area contributed by atoms with Crippen LogP contribution in [-0.4, -0.2) is 47.4 Å². The van der Waals surface area contributed by atoms with Crippen molar-refractivity contribution in [1.29, 1.82) is 0 Å². The van der Waals surface area contributed by atoms with Crippen molar-refractivity contribution >= 4 is 11.9 Å². The van der Waals surface area contributed by atoms with Crippen LogP contribution in [0.25, 0.3) is 11.5 Å². The molecule has 0 aliphatic rings. The number of hydrogen-bond acceptors (Lipinski definition) is 4. The van der Waals surface area contributed by atoms with Gasteiger partial charge in [-0.25, -0.2) is 9.98 Å². The van der Waals surface area contributed by atoms with Gasteiger partial charge in [0, 0.05) is 24.7 Å². The lowest BCUT2D eigenvalue weighted by molar-refractivity contribution is -0.122. The molecule has 1 aromatic carbocycles. The average Bonchev–Trinajstić information content (AvgIpc) is 3.06. The molecule has 2 rings (SSSR count). The molecule has 0 atom stereocenters. The normalized spacial score (nSPS) is 12.0. The Labute approximate surface area is 160 Å². The van der Waals surface area contributed by atoms with Gasteiger partial charge in [0.25, 0.3) is 0 Å². The topological polar surface area (TPSA) is 82.8 Å². The largest absolute Gasteiger partial charge is 0.444 e. The summed E-state index contributed by atoms with van der Waals surface area (Å²) < 4.78 is 5.54. The van der Waals surface area contributed by atoms with E-state index in [4.69, 9.17) is 4.42 Å². The predicted molar refractivity (Wildman–Crippen MR) is 107 cm³/mol. The smallest absolute Gasteiger partial charge is 0.240 e. The molecular formula is C20H29N5O2. The van der Waals surface area contributed by atoms with Gasteiger partial charge in [-0.05, 0) is 39.8 Å². The summed E-state index contributed by atoms with van der Waals surface area (Å²) in [5.41, 5.74) is 1.40. The summed E-state index contributed by atoms with van der Waals surface area (Å²) in [6.45, 7) is 9.15. The Bertz CT molecular complexity index is 762. The lowest BCUT2D eigenvalue weighted by Gasteiger charge is -2.25. The number of guanidine groups is 1. The zero-order valence-electron chi connectivity index (χ0n) is 16.7. The fourth-order valence-corrected chi connectivity index (χ4v) is 2.47. The molecule has 0 bridgehead atoms. The molecule has 1 heterocycles. The Balaban J connectivity index is 2.02. The maximum atomic E-state index is 12.1. The van der Waals surface area contributed by atoms with Gasteiger partial charge in [-0.3, -0.25) is 4.79 Å². The van der Waals surface area contributed by atoms with E-state index in [0.29, 0.717) is 24.9 Å². The summed E-state index contributed by atoms with van der Waals surface area (Å²) in [7, 11) is 1.84. The fourth-order valence-electron chi connectivity index (χ4n) is 2.47. The van der Waals surface area contributed by atoms with Crippen molar-refractivity contribution in [2.24, 2.45) is 4.99 Å². The summed E-state index contributed by atoms with van der Waals surface area (Å²) in [4.78, 5) is 23.0. The second kappa shape index (κ2) is 9.21. The number of benzene rings is 1. The second-order valence-electron chi connectivity index (χ2n) is 7.33. The molecule has 2 aromatic rings. The molecule has 0 aliphatic heterocycles. The minimum atomic E-state index is -0.262. The Kier molecular flexibility index (Phi) is 6.98. The third-order valence-electron chi connectivity index (χ3n) is 3.55. The molecular weight excluding hydrogens is 342 g/mol. The molecule has 146 valence electrons. The first-order chi connectivity index (χ1) is 12.8. The van der Waals surface area contributed by atoms with Crippen LogP contribution in [0, 0.1) is 0 Å². The van der Waals surface area contributed by atoms with Gasteiger partial charge in [-0.1, -0.05) is 18.2 Å². The van der Waals surface area contributed by atoms with Crippen LogP contribution in [0.15, 0.2) is 46.0 Å². The van der Waals surface area contributed by atoms with Crippen molar-refractivity contribution in [3.63, 3.8) is 0 Å². The third kappa shape index (κ3) is 6.77. The number of nitrogens with one attached hydrogen (secondary N) is 2. The van der Waals surface area contributed by atoms with Gasteiger partial charge in [0.1, 0.15) is 12.0 Å². The van der Waals surface area contributed by atoms with Gasteiger partial charge in [0.15, 0.2) is 5.96 Å². The van der Waals surface area contributed by atoms with Gasteiger partial charge in [0.05, 0.1) is 13.1 Å². The number of rotatable bonds is 6. The zero-order valence-corrected chi connectivity index (χ0v) is 16.7. The molecule has 0 unspecified atom stereocenters. The number of oxazole rings is 1. The number of amides is 1. The molecule has 0 fully saturated rings. The van der Waals surface area contributed by atoms with Gasteiger partial charge >= 0.3 is 0 Å². The fraction of sp³-hybridized carbons (Fsp3) is 0.450. The Morgan fingerprint density at radius 2 is 1.96 bits per heavy atom. The van der Waals surface area contributed by atoms with Crippen LogP contribution in [0.1, 0.15) is 33.4 Å². The van der Waals surface area contributed by atoms with Crippen molar-refractivity contribution in [3.05, 3.63) is 42.3 Å². The van der Waals surface area contributed by atoms with Crippen molar-refractivity contribution in [2.45, 2.75) is 39.8 Å². The second-order valence-corrected chi connectivity index (χ2v) is 7.33. The summed E-state index contributed by atoms with van der Waals surface area (Å²) in [5, 5.41) is 6.15. The van der Waals surface area contributed by atoms with Crippen molar-refractivity contribution in [1.82, 2.24) is 20.5 Å². The Morgan fingerprint density at radius 1 is 1.26 bits per heavy atom. The third-order valence-corrected chi connectivity index (χ3v) is 3.55. The highest BCUT2D eigenvalue weighted by molar-refractivity contribution is 5.86. The van der Waals surface area contributed by atoms with E-state index < -0.39 is 0 Å². The van der Waals surface area contributed by atoms with E-state index in [1.165, 1.54) is 0 Å². The van der Waals surface area contributed by atoms with E-state index in [1.54, 1.807) is 11.2 Å². The average molecular weight is 371 g/mol. The molecule has 0 radical (unpaired) electrons. The van der Waals surface area contributed by atoms with Crippen LogP contribution in [0.4, 0.5) is 0 Å². The summed E-state index contributed by atoms with van der Waals surface area (Å²) in [6, 6.07) is 9.73. The predicted octanol–water partition coefficient (Wildman–Crippen LogP) is 2.65. The molecule has 27 heavy (non-hydrogen) atoms. The van der Waals surface area contributed by atoms with E-state index in [9.17, 15) is 4.79 Å². The first-order valence-corrected chi connectivity index (χ1v) is 9.09. The van der Waals surface area contributed by atoms with E-state index in [-0.39, 0.29) is 18.0 Å². The molecule has 1 aromatic heterocycles. The summed E-state index contributed by atoms with van der Waals surface area (Å²) in [5.74, 6) is 1.16. The van der Waals surface area contributed by atoms with Crippen LogP contribution < -0.4 is 10.6 Å². The van der Waals surface area contributed by atoms with Crippen LogP contribution in [0.2, 0.25) is 0 Å². The highest BCUT2D eigenvalue weighted by atomic mass is 16.3. The first kappa shape index (κ1) is 20.5. The molecule has 0 spiro atoms. The molecule has 1 amide bonds. The van der Waals surface area contributed by atoms with Crippen molar-refractivity contribution in [2.75, 3.05) is 20.1 Å². The summed E-state index contributed by atoms with van der Waals surface area (Å²) in [6.07, 6.45) is 1.61. The molecule has 7 nitrogen and oxygen atoms in total. The number of likely N-dealkylation sites (N-methyl/N-ethyl adjacent to an activating group) is 1. The van der Waals surface area contributed by atoms with Crippen LogP contribution in [-0.2, 0) is 11.3 Å². The standard InChI is InChI=1S/C20H29N5O2/c1-6-21-19(25(5)13-17(26)24-20(2,3)4)22-12-16-14-27-18(23-16)15-10-8-7-9-11-15/h7-11,14H,6,12-13H2,1-5H3,(H,21,22)(H,24,26). The van der Waals surface area contributed by atoms with Crippen LogP contribution in [0.5, 0.6) is 0 Å². The van der Waals surface area contributed by atoms with E-state index in [0.717, 1.165) is 11.3 Å². The molecule has 0 aliphatic carbocycles. The van der Waals surface area contributed by atoms with Crippen LogP contribution in [0.3, 0.4) is 0 Å². The number of nitrogens with zero attached hydrogens (tertiary/aromatic N) is 3. The lowest BCUT2D eigenvalue weighted by Crippen LogP contribution is -2.48. The Morgan fingerprint density at radius 3 is 2.59 bits per heavy atom. The van der Waals surface area contributed by atoms with Gasteiger partial charge in [-0.2, -0.15) is 0 Å². The lowest BCUT2D eigenvalue weighted by atomic mass is 10.1. The van der Waals surface area contributed by atoms with Crippen LogP contribution >= 0.6 is 0 Å². The van der Waals surface area contributed by atoms with Gasteiger partial charge in [-0.15, -0.1) is 0 Å². The minimum absolute atomic E-state index is 0.0524. The number of aliphatic imine (C=N–C) groups is 1. The maximum absolute atomic E-state index is 12.1. The van der Waals surface area contributed by atoms with Crippen molar-refractivity contribution < 1.29 is 9.21 Å². The summed E-state index contributed by atoms with van der Waals surface area (Å²) >= 11 is 0. The number of carbonyl (C=O) groups is 1. The number of carbonyl (C=O) groups excluding carboxylic acids is 1.